The number of aromatic nitrogens is 2. The molecule has 1 fully saturated rings. The molecule has 0 atom stereocenters. The molecule has 0 saturated heterocycles. The minimum Gasteiger partial charge on any atom is -0.369 e. The molecule has 2 heterocycles. The van der Waals surface area contributed by atoms with Crippen LogP contribution in [0.15, 0.2) is 11.4 Å². The van der Waals surface area contributed by atoms with E-state index in [1.165, 1.54) is 12.8 Å². The Kier molecular flexibility index (Phi) is 4.40. The van der Waals surface area contributed by atoms with E-state index in [1.807, 2.05) is 0 Å². The molecule has 2 aromatic heterocycles. The van der Waals surface area contributed by atoms with Crippen LogP contribution in [-0.2, 0) is 10.3 Å². The summed E-state index contributed by atoms with van der Waals surface area (Å²) in [4.78, 5) is 10.7. The van der Waals surface area contributed by atoms with Gasteiger partial charge in [-0.15, -0.1) is 11.3 Å². The first-order valence-electron chi connectivity index (χ1n) is 7.92. The molecule has 114 valence electrons. The summed E-state index contributed by atoms with van der Waals surface area (Å²) in [6, 6.07) is 2.10. The van der Waals surface area contributed by atoms with Gasteiger partial charge in [-0.05, 0) is 50.5 Å². The van der Waals surface area contributed by atoms with E-state index in [4.69, 9.17) is 14.7 Å². The number of thiophene rings is 1. The zero-order chi connectivity index (χ0) is 14.7. The van der Waals surface area contributed by atoms with Crippen molar-refractivity contribution < 1.29 is 4.74 Å². The molecule has 21 heavy (non-hydrogen) atoms. The maximum Gasteiger partial charge on any atom is 0.164 e. The quantitative estimate of drug-likeness (QED) is 0.863. The zero-order valence-electron chi connectivity index (χ0n) is 12.8. The third-order valence-electron chi connectivity index (χ3n) is 4.11. The molecule has 5 heteroatoms. The molecule has 0 spiro atoms. The third-order valence-corrected chi connectivity index (χ3v) is 4.91. The Labute approximate surface area is 129 Å². The highest BCUT2D eigenvalue weighted by Crippen LogP contribution is 2.42. The summed E-state index contributed by atoms with van der Waals surface area (Å²) in [6.45, 7) is 5.87. The van der Waals surface area contributed by atoms with Crippen molar-refractivity contribution in [2.75, 3.05) is 18.5 Å². The number of nitrogens with one attached hydrogen (secondary N) is 1. The summed E-state index contributed by atoms with van der Waals surface area (Å²) >= 11 is 1.68. The Morgan fingerprint density at radius 3 is 2.81 bits per heavy atom. The van der Waals surface area contributed by atoms with E-state index in [0.717, 1.165) is 47.7 Å². The Bertz CT molecular complexity index is 605. The fourth-order valence-corrected chi connectivity index (χ4v) is 3.86. The van der Waals surface area contributed by atoms with Crippen molar-refractivity contribution in [3.63, 3.8) is 0 Å². The standard InChI is InChI=1S/C16H23N3OS/c1-3-10-17-13-12-7-11-21-14(12)19-15(18-13)16(20-4-2)8-5-6-9-16/h7,11H,3-6,8-10H2,1-2H3,(H,17,18,19). The fraction of sp³-hybridized carbons (Fsp3) is 0.625. The number of hydrogen-bond acceptors (Lipinski definition) is 5. The van der Waals surface area contributed by atoms with E-state index in [0.29, 0.717) is 6.61 Å². The Morgan fingerprint density at radius 1 is 1.29 bits per heavy atom. The average molecular weight is 305 g/mol. The summed E-state index contributed by atoms with van der Waals surface area (Å²) in [5.74, 6) is 1.83. The lowest BCUT2D eigenvalue weighted by Gasteiger charge is -2.27. The van der Waals surface area contributed by atoms with Gasteiger partial charge in [0.2, 0.25) is 0 Å². The Balaban J connectivity index is 2.04. The van der Waals surface area contributed by atoms with Gasteiger partial charge in [0.1, 0.15) is 16.2 Å². The lowest BCUT2D eigenvalue weighted by Crippen LogP contribution is -2.29. The second kappa shape index (κ2) is 6.28. The highest BCUT2D eigenvalue weighted by Gasteiger charge is 2.39. The van der Waals surface area contributed by atoms with Gasteiger partial charge in [0.15, 0.2) is 5.82 Å². The van der Waals surface area contributed by atoms with Crippen LogP contribution in [0, 0.1) is 0 Å². The van der Waals surface area contributed by atoms with Crippen molar-refractivity contribution in [1.29, 1.82) is 0 Å². The van der Waals surface area contributed by atoms with Gasteiger partial charge in [0, 0.05) is 13.2 Å². The van der Waals surface area contributed by atoms with Gasteiger partial charge in [-0.3, -0.25) is 0 Å². The van der Waals surface area contributed by atoms with Gasteiger partial charge >= 0.3 is 0 Å². The molecule has 0 aliphatic heterocycles. The number of anilines is 1. The van der Waals surface area contributed by atoms with E-state index in [-0.39, 0.29) is 5.60 Å². The van der Waals surface area contributed by atoms with Crippen molar-refractivity contribution in [1.82, 2.24) is 9.97 Å². The Morgan fingerprint density at radius 2 is 2.10 bits per heavy atom. The number of fused-ring (bicyclic) bond motifs is 1. The third kappa shape index (κ3) is 2.77. The molecule has 1 N–H and O–H groups in total. The van der Waals surface area contributed by atoms with Crippen molar-refractivity contribution in [3.05, 3.63) is 17.3 Å². The van der Waals surface area contributed by atoms with Gasteiger partial charge in [0.25, 0.3) is 0 Å². The topological polar surface area (TPSA) is 47.0 Å². The lowest BCUT2D eigenvalue weighted by atomic mass is 10.0. The molecular formula is C16H23N3OS. The predicted molar refractivity (Wildman–Crippen MR) is 88.0 cm³/mol. The van der Waals surface area contributed by atoms with Crippen LogP contribution >= 0.6 is 11.3 Å². The molecule has 0 unspecified atom stereocenters. The van der Waals surface area contributed by atoms with E-state index < -0.39 is 0 Å². The second-order valence-electron chi connectivity index (χ2n) is 5.60. The molecule has 1 aliphatic carbocycles. The highest BCUT2D eigenvalue weighted by atomic mass is 32.1. The summed E-state index contributed by atoms with van der Waals surface area (Å²) in [7, 11) is 0. The minimum atomic E-state index is -0.268. The van der Waals surface area contributed by atoms with Crippen LogP contribution in [0.2, 0.25) is 0 Å². The molecular weight excluding hydrogens is 282 g/mol. The minimum absolute atomic E-state index is 0.268. The average Bonchev–Trinajstić information content (AvgIpc) is 3.14. The maximum absolute atomic E-state index is 6.11. The number of ether oxygens (including phenoxy) is 1. The van der Waals surface area contributed by atoms with Crippen molar-refractivity contribution in [2.45, 2.75) is 51.6 Å². The van der Waals surface area contributed by atoms with Gasteiger partial charge in [0.05, 0.1) is 5.39 Å². The largest absolute Gasteiger partial charge is 0.369 e. The highest BCUT2D eigenvalue weighted by molar-refractivity contribution is 7.16. The SMILES string of the molecule is CCCNc1nc(C2(OCC)CCCC2)nc2sccc12. The molecule has 1 aliphatic rings. The van der Waals surface area contributed by atoms with Crippen LogP contribution in [0.5, 0.6) is 0 Å². The van der Waals surface area contributed by atoms with Crippen LogP contribution in [0.3, 0.4) is 0 Å². The fourth-order valence-electron chi connectivity index (χ4n) is 3.09. The molecule has 0 amide bonds. The number of rotatable bonds is 6. The molecule has 4 nitrogen and oxygen atoms in total. The molecule has 1 saturated carbocycles. The van der Waals surface area contributed by atoms with Gasteiger partial charge in [-0.25, -0.2) is 9.97 Å². The summed E-state index contributed by atoms with van der Waals surface area (Å²) in [6.07, 6.45) is 5.55. The van der Waals surface area contributed by atoms with Gasteiger partial charge in [-0.2, -0.15) is 0 Å². The van der Waals surface area contributed by atoms with E-state index in [9.17, 15) is 0 Å². The predicted octanol–water partition coefficient (Wildman–Crippen LogP) is 4.32. The van der Waals surface area contributed by atoms with E-state index >= 15 is 0 Å². The molecule has 0 aromatic carbocycles. The van der Waals surface area contributed by atoms with Crippen LogP contribution in [0.4, 0.5) is 5.82 Å². The van der Waals surface area contributed by atoms with E-state index in [2.05, 4.69) is 30.6 Å². The van der Waals surface area contributed by atoms with Gasteiger partial charge in [-0.1, -0.05) is 6.92 Å². The van der Waals surface area contributed by atoms with Crippen LogP contribution in [0.1, 0.15) is 51.8 Å². The normalized spacial score (nSPS) is 17.4. The summed E-state index contributed by atoms with van der Waals surface area (Å²) in [5.41, 5.74) is -0.268. The summed E-state index contributed by atoms with van der Waals surface area (Å²) in [5, 5.41) is 6.66. The molecule has 3 rings (SSSR count). The lowest BCUT2D eigenvalue weighted by molar-refractivity contribution is -0.0453. The Hall–Kier alpha value is -1.20. The van der Waals surface area contributed by atoms with Crippen molar-refractivity contribution in [3.8, 4) is 0 Å². The van der Waals surface area contributed by atoms with E-state index in [1.54, 1.807) is 11.3 Å². The second-order valence-corrected chi connectivity index (χ2v) is 6.49. The smallest absolute Gasteiger partial charge is 0.164 e. The van der Waals surface area contributed by atoms with Crippen LogP contribution < -0.4 is 5.32 Å². The van der Waals surface area contributed by atoms with Crippen molar-refractivity contribution in [2.24, 2.45) is 0 Å². The first kappa shape index (κ1) is 14.7. The van der Waals surface area contributed by atoms with Gasteiger partial charge < -0.3 is 10.1 Å². The monoisotopic (exact) mass is 305 g/mol. The van der Waals surface area contributed by atoms with Crippen molar-refractivity contribution >= 4 is 27.4 Å². The molecule has 2 aromatic rings. The number of nitrogens with zero attached hydrogens (tertiary/aromatic N) is 2. The maximum atomic E-state index is 6.11. The first-order chi connectivity index (χ1) is 10.3. The zero-order valence-corrected chi connectivity index (χ0v) is 13.6. The van der Waals surface area contributed by atoms with Crippen LogP contribution in [0.25, 0.3) is 10.2 Å². The number of hydrogen-bond donors (Lipinski definition) is 1. The molecule has 0 bridgehead atoms. The summed E-state index contributed by atoms with van der Waals surface area (Å²) < 4.78 is 6.11. The first-order valence-corrected chi connectivity index (χ1v) is 8.80. The molecule has 0 radical (unpaired) electrons. The van der Waals surface area contributed by atoms with Crippen LogP contribution in [-0.4, -0.2) is 23.1 Å².